The summed E-state index contributed by atoms with van der Waals surface area (Å²) < 4.78 is 39.3. The molecule has 3 heterocycles. The first kappa shape index (κ1) is 28.6. The van der Waals surface area contributed by atoms with Crippen LogP contribution in [0.1, 0.15) is 42.3 Å². The van der Waals surface area contributed by atoms with Crippen LogP contribution in [0.2, 0.25) is 0 Å². The maximum absolute atomic E-state index is 12.2. The molecule has 3 aromatic rings. The summed E-state index contributed by atoms with van der Waals surface area (Å²) in [6, 6.07) is 5.58. The van der Waals surface area contributed by atoms with Crippen molar-refractivity contribution in [2.45, 2.75) is 56.3 Å². The first-order chi connectivity index (χ1) is 17.7. The Kier molecular flexibility index (Phi) is 8.89. The van der Waals surface area contributed by atoms with E-state index in [4.69, 9.17) is 8.92 Å². The second-order valence-electron chi connectivity index (χ2n) is 8.84. The number of phenolic OH excluding ortho intramolecular Hbond substituents is 1. The third-order valence-electron chi connectivity index (χ3n) is 6.38. The molecule has 0 unspecified atom stereocenters. The van der Waals surface area contributed by atoms with Gasteiger partial charge in [0.25, 0.3) is 0 Å². The Morgan fingerprint density at radius 2 is 1.89 bits per heavy atom. The smallest absolute Gasteiger partial charge is 0.518 e. The zero-order valence-electron chi connectivity index (χ0n) is 20.4. The number of imidazole rings is 1. The molecule has 1 saturated heterocycles. The summed E-state index contributed by atoms with van der Waals surface area (Å²) in [6.45, 7) is -0.731. The molecule has 16 heteroatoms. The third kappa shape index (κ3) is 5.94. The Balaban J connectivity index is 0.00000336. The summed E-state index contributed by atoms with van der Waals surface area (Å²) in [5.74, 6) is -1.12. The maximum Gasteiger partial charge on any atom is 1.00 e. The number of nitrogens with zero attached hydrogens (tertiary/aromatic N) is 5. The molecule has 0 bridgehead atoms. The van der Waals surface area contributed by atoms with E-state index < -0.39 is 53.1 Å². The van der Waals surface area contributed by atoms with E-state index in [1.165, 1.54) is 41.5 Å². The summed E-state index contributed by atoms with van der Waals surface area (Å²) in [4.78, 5) is 25.0. The Labute approximate surface area is 240 Å². The van der Waals surface area contributed by atoms with Crippen LogP contribution in [0.3, 0.4) is 0 Å². The molecule has 0 radical (unpaired) electrons. The quantitative estimate of drug-likeness (QED) is 0.223. The number of aliphatic hydroxyl groups excluding tert-OH is 2. The molecular formula is C22H25N6NaO8S. The van der Waals surface area contributed by atoms with E-state index >= 15 is 0 Å². The topological polar surface area (TPSA) is 200 Å². The van der Waals surface area contributed by atoms with Crippen molar-refractivity contribution in [2.75, 3.05) is 11.9 Å². The second kappa shape index (κ2) is 11.8. The number of amides is 1. The van der Waals surface area contributed by atoms with E-state index in [9.17, 15) is 28.5 Å². The molecule has 1 aliphatic carbocycles. The molecule has 2 aromatic heterocycles. The van der Waals surface area contributed by atoms with Crippen molar-refractivity contribution < 1.29 is 67.0 Å². The standard InChI is InChI=1S/C22H26N6O8S.Na/c29-14-8-4-3-7-13(14)21(32)27-37(33,34)35-9-15-17(30)18(31)22(36-15)28-11-25-16-19(23-10-24-20(16)28)26-12-5-1-2-6-12;/h3-4,7-8,10-12,15,17-18,22,30-31H,1-2,5-6,9H2,(H3,23,24,26,27,29,32);/q;+1/p-1/t15-,17-,18-,22-;/m1./s1. The van der Waals surface area contributed by atoms with Crippen LogP contribution in [0.4, 0.5) is 5.82 Å². The van der Waals surface area contributed by atoms with Gasteiger partial charge in [0.1, 0.15) is 30.4 Å². The van der Waals surface area contributed by atoms with Gasteiger partial charge in [-0.15, -0.1) is 0 Å². The summed E-state index contributed by atoms with van der Waals surface area (Å²) in [5, 5.41) is 34.2. The fourth-order valence-corrected chi connectivity index (χ4v) is 5.15. The SMILES string of the molecule is O=C([N-]S(=O)(=O)OC[C@H]1O[C@@H](n2cnc3c(NC4CCCC4)ncnc32)[C@H](O)[C@@H]1O)c1ccccc1O.[Na+]. The Morgan fingerprint density at radius 1 is 1.16 bits per heavy atom. The predicted molar refractivity (Wildman–Crippen MR) is 128 cm³/mol. The molecular weight excluding hydrogens is 531 g/mol. The molecule has 1 saturated carbocycles. The zero-order chi connectivity index (χ0) is 26.2. The molecule has 4 N–H and O–H groups in total. The molecule has 2 fully saturated rings. The van der Waals surface area contributed by atoms with Crippen LogP contribution >= 0.6 is 0 Å². The van der Waals surface area contributed by atoms with Crippen LogP contribution in [0.5, 0.6) is 5.75 Å². The summed E-state index contributed by atoms with van der Waals surface area (Å²) >= 11 is 0. The Bertz CT molecular complexity index is 1400. The van der Waals surface area contributed by atoms with Crippen molar-refractivity contribution >= 4 is 33.2 Å². The number of ether oxygens (including phenoxy) is 1. The number of aromatic hydroxyl groups is 1. The number of rotatable bonds is 8. The average Bonchev–Trinajstić information content (AvgIpc) is 3.59. The van der Waals surface area contributed by atoms with Crippen molar-refractivity contribution in [2.24, 2.45) is 0 Å². The van der Waals surface area contributed by atoms with Gasteiger partial charge >= 0.3 is 29.6 Å². The van der Waals surface area contributed by atoms with Crippen LogP contribution in [0.15, 0.2) is 36.9 Å². The molecule has 14 nitrogen and oxygen atoms in total. The number of aromatic nitrogens is 4. The molecule has 5 rings (SSSR count). The predicted octanol–water partition coefficient (Wildman–Crippen LogP) is -2.01. The first-order valence-electron chi connectivity index (χ1n) is 11.6. The average molecular weight is 557 g/mol. The van der Waals surface area contributed by atoms with E-state index in [-0.39, 0.29) is 41.2 Å². The molecule has 0 spiro atoms. The number of phenols is 1. The number of benzene rings is 1. The summed E-state index contributed by atoms with van der Waals surface area (Å²) in [7, 11) is -4.75. The third-order valence-corrected chi connectivity index (χ3v) is 7.20. The number of hydrogen-bond donors (Lipinski definition) is 4. The minimum atomic E-state index is -4.75. The van der Waals surface area contributed by atoms with Crippen LogP contribution in [0.25, 0.3) is 15.9 Å². The van der Waals surface area contributed by atoms with Crippen LogP contribution in [-0.4, -0.2) is 80.1 Å². The number of carbonyl (C=O) groups excluding carboxylic acids is 1. The Hall–Kier alpha value is -2.37. The number of carbonyl (C=O) groups is 1. The van der Waals surface area contributed by atoms with Gasteiger partial charge in [0.05, 0.1) is 18.8 Å². The van der Waals surface area contributed by atoms with Crippen molar-refractivity contribution in [3.05, 3.63) is 47.2 Å². The number of hydrogen-bond acceptors (Lipinski definition) is 12. The molecule has 4 atom stereocenters. The number of fused-ring (bicyclic) bond motifs is 1. The zero-order valence-corrected chi connectivity index (χ0v) is 23.2. The fraction of sp³-hybridized carbons (Fsp3) is 0.455. The van der Waals surface area contributed by atoms with Gasteiger partial charge < -0.3 is 34.9 Å². The van der Waals surface area contributed by atoms with E-state index in [1.807, 2.05) is 0 Å². The Morgan fingerprint density at radius 3 is 2.63 bits per heavy atom. The molecule has 198 valence electrons. The van der Waals surface area contributed by atoms with Crippen molar-refractivity contribution in [1.29, 1.82) is 0 Å². The van der Waals surface area contributed by atoms with E-state index in [2.05, 4.69) is 25.0 Å². The summed E-state index contributed by atoms with van der Waals surface area (Å²) in [6.07, 6.45) is 1.65. The van der Waals surface area contributed by atoms with Crippen LogP contribution < -0.4 is 34.9 Å². The second-order valence-corrected chi connectivity index (χ2v) is 10.1. The van der Waals surface area contributed by atoms with E-state index in [0.29, 0.717) is 17.0 Å². The fourth-order valence-electron chi connectivity index (χ4n) is 4.49. The van der Waals surface area contributed by atoms with Gasteiger partial charge in [-0.3, -0.25) is 8.75 Å². The van der Waals surface area contributed by atoms with Gasteiger partial charge in [0, 0.05) is 11.6 Å². The van der Waals surface area contributed by atoms with Gasteiger partial charge in [-0.05, 0) is 25.0 Å². The minimum absolute atomic E-state index is 0. The van der Waals surface area contributed by atoms with Gasteiger partial charge in [-0.2, -0.15) is 0 Å². The van der Waals surface area contributed by atoms with Crippen molar-refractivity contribution in [1.82, 2.24) is 19.5 Å². The number of nitrogens with one attached hydrogen (secondary N) is 1. The molecule has 38 heavy (non-hydrogen) atoms. The minimum Gasteiger partial charge on any atom is -0.518 e. The van der Waals surface area contributed by atoms with E-state index in [0.717, 1.165) is 25.7 Å². The van der Waals surface area contributed by atoms with Gasteiger partial charge in [-0.1, -0.05) is 25.0 Å². The normalized spacial score (nSPS) is 23.8. The van der Waals surface area contributed by atoms with Gasteiger partial charge in [-0.25, -0.2) is 23.4 Å². The first-order valence-corrected chi connectivity index (χ1v) is 13.0. The molecule has 1 aliphatic heterocycles. The van der Waals surface area contributed by atoms with Crippen LogP contribution in [-0.2, 0) is 19.2 Å². The number of anilines is 1. The molecule has 1 aromatic carbocycles. The molecule has 2 aliphatic rings. The number of aliphatic hydroxyl groups is 2. The summed E-state index contributed by atoms with van der Waals surface area (Å²) in [5.41, 5.74) is 0.491. The van der Waals surface area contributed by atoms with Gasteiger partial charge in [0.15, 0.2) is 23.2 Å². The maximum atomic E-state index is 12.2. The van der Waals surface area contributed by atoms with Crippen LogP contribution in [0, 0.1) is 0 Å². The monoisotopic (exact) mass is 556 g/mol. The van der Waals surface area contributed by atoms with Crippen molar-refractivity contribution in [3.8, 4) is 5.75 Å². The molecule has 1 amide bonds. The van der Waals surface area contributed by atoms with Gasteiger partial charge in [0.2, 0.25) is 10.3 Å². The van der Waals surface area contributed by atoms with E-state index in [1.54, 1.807) is 0 Å². The largest absolute Gasteiger partial charge is 1.00 e. The number of para-hydroxylation sites is 1. The van der Waals surface area contributed by atoms with Crippen molar-refractivity contribution in [3.63, 3.8) is 0 Å².